The Bertz CT molecular complexity index is 1170. The Labute approximate surface area is 180 Å². The van der Waals surface area contributed by atoms with E-state index in [1.807, 2.05) is 0 Å². The number of carbonyl (C=O) groups is 2. The minimum atomic E-state index is -1.13. The zero-order valence-electron chi connectivity index (χ0n) is 16.7. The average Bonchev–Trinajstić information content (AvgIpc) is 3.15. The number of nitriles is 1. The molecule has 0 aliphatic carbocycles. The molecule has 3 rings (SSSR count). The second kappa shape index (κ2) is 9.57. The first kappa shape index (κ1) is 22.2. The van der Waals surface area contributed by atoms with E-state index >= 15 is 0 Å². The summed E-state index contributed by atoms with van der Waals surface area (Å²) in [4.78, 5) is 27.5. The number of rotatable bonds is 7. The molecule has 0 spiro atoms. The van der Waals surface area contributed by atoms with E-state index in [1.54, 1.807) is 30.3 Å². The van der Waals surface area contributed by atoms with Crippen LogP contribution in [-0.4, -0.2) is 40.6 Å². The lowest BCUT2D eigenvalue weighted by Crippen LogP contribution is -2.28. The SMILES string of the molecule is CN(CCC(=O)Nc1ccc(Nc2oc(-c3c(F)cccc3F)nc2C#N)cc1)C(=O)O. The number of nitrogens with one attached hydrogen (secondary N) is 2. The van der Waals surface area contributed by atoms with Gasteiger partial charge in [0.15, 0.2) is 0 Å². The summed E-state index contributed by atoms with van der Waals surface area (Å²) in [5, 5.41) is 23.5. The third kappa shape index (κ3) is 5.17. The van der Waals surface area contributed by atoms with Gasteiger partial charge in [0.05, 0.1) is 0 Å². The first-order chi connectivity index (χ1) is 15.3. The van der Waals surface area contributed by atoms with E-state index in [1.165, 1.54) is 13.1 Å². The summed E-state index contributed by atoms with van der Waals surface area (Å²) in [6.45, 7) is 0.0498. The van der Waals surface area contributed by atoms with Crippen molar-refractivity contribution in [1.29, 1.82) is 5.26 Å². The molecule has 0 aliphatic heterocycles. The van der Waals surface area contributed by atoms with Gasteiger partial charge in [0.25, 0.3) is 0 Å². The van der Waals surface area contributed by atoms with Gasteiger partial charge < -0.3 is 25.1 Å². The number of hydrogen-bond donors (Lipinski definition) is 3. The fourth-order valence-corrected chi connectivity index (χ4v) is 2.65. The molecular weight excluding hydrogens is 424 g/mol. The molecule has 0 aliphatic rings. The molecule has 2 aromatic carbocycles. The van der Waals surface area contributed by atoms with E-state index < -0.39 is 23.3 Å². The summed E-state index contributed by atoms with van der Waals surface area (Å²) >= 11 is 0. The molecule has 0 radical (unpaired) electrons. The summed E-state index contributed by atoms with van der Waals surface area (Å²) in [6, 6.07) is 11.4. The van der Waals surface area contributed by atoms with Crippen molar-refractivity contribution in [1.82, 2.24) is 9.88 Å². The van der Waals surface area contributed by atoms with Crippen LogP contribution in [0.1, 0.15) is 12.1 Å². The van der Waals surface area contributed by atoms with Crippen molar-refractivity contribution in [2.24, 2.45) is 0 Å². The monoisotopic (exact) mass is 441 g/mol. The molecule has 0 atom stereocenters. The van der Waals surface area contributed by atoms with Gasteiger partial charge in [-0.25, -0.2) is 13.6 Å². The fourth-order valence-electron chi connectivity index (χ4n) is 2.65. The molecule has 3 aromatic rings. The second-order valence-corrected chi connectivity index (χ2v) is 6.61. The fraction of sp³-hybridized carbons (Fsp3) is 0.143. The smallest absolute Gasteiger partial charge is 0.407 e. The molecule has 3 N–H and O–H groups in total. The van der Waals surface area contributed by atoms with Crippen molar-refractivity contribution in [3.8, 4) is 17.5 Å². The lowest BCUT2D eigenvalue weighted by Gasteiger charge is -2.12. The van der Waals surface area contributed by atoms with Gasteiger partial charge in [-0.1, -0.05) is 6.07 Å². The number of nitrogens with zero attached hydrogens (tertiary/aromatic N) is 3. The van der Waals surface area contributed by atoms with E-state index in [2.05, 4.69) is 15.6 Å². The summed E-state index contributed by atoms with van der Waals surface area (Å²) in [5.41, 5.74) is 0.249. The van der Waals surface area contributed by atoms with Crippen molar-refractivity contribution in [2.45, 2.75) is 6.42 Å². The Balaban J connectivity index is 1.69. The number of halogens is 2. The number of hydrogen-bond acceptors (Lipinski definition) is 6. The van der Waals surface area contributed by atoms with Crippen molar-refractivity contribution >= 4 is 29.3 Å². The van der Waals surface area contributed by atoms with Crippen LogP contribution in [0.3, 0.4) is 0 Å². The average molecular weight is 441 g/mol. The lowest BCUT2D eigenvalue weighted by molar-refractivity contribution is -0.116. The van der Waals surface area contributed by atoms with Crippen LogP contribution >= 0.6 is 0 Å². The van der Waals surface area contributed by atoms with Gasteiger partial charge in [-0.3, -0.25) is 4.79 Å². The van der Waals surface area contributed by atoms with Crippen molar-refractivity contribution in [2.75, 3.05) is 24.2 Å². The van der Waals surface area contributed by atoms with Crippen LogP contribution in [0.5, 0.6) is 0 Å². The third-order valence-electron chi connectivity index (χ3n) is 4.34. The Hall–Kier alpha value is -4.46. The quantitative estimate of drug-likeness (QED) is 0.501. The van der Waals surface area contributed by atoms with Gasteiger partial charge in [-0.05, 0) is 36.4 Å². The lowest BCUT2D eigenvalue weighted by atomic mass is 10.2. The number of oxazole rings is 1. The molecular formula is C21H17F2N5O4. The van der Waals surface area contributed by atoms with Crippen LogP contribution in [0, 0.1) is 23.0 Å². The van der Waals surface area contributed by atoms with Crippen LogP contribution in [0.4, 0.5) is 30.8 Å². The molecule has 0 bridgehead atoms. The normalized spacial score (nSPS) is 10.3. The Morgan fingerprint density at radius 1 is 1.16 bits per heavy atom. The molecule has 164 valence electrons. The Morgan fingerprint density at radius 3 is 2.38 bits per heavy atom. The largest absolute Gasteiger partial charge is 0.465 e. The van der Waals surface area contributed by atoms with Crippen LogP contribution in [0.25, 0.3) is 11.5 Å². The highest BCUT2D eigenvalue weighted by Crippen LogP contribution is 2.31. The van der Waals surface area contributed by atoms with Crippen molar-refractivity contribution < 1.29 is 27.9 Å². The molecule has 0 saturated heterocycles. The van der Waals surface area contributed by atoms with Crippen LogP contribution in [0.15, 0.2) is 46.9 Å². The topological polar surface area (TPSA) is 131 Å². The van der Waals surface area contributed by atoms with Gasteiger partial charge in [0, 0.05) is 31.4 Å². The molecule has 0 unspecified atom stereocenters. The summed E-state index contributed by atoms with van der Waals surface area (Å²) in [7, 11) is 1.36. The second-order valence-electron chi connectivity index (χ2n) is 6.61. The maximum Gasteiger partial charge on any atom is 0.407 e. The van der Waals surface area contributed by atoms with E-state index in [0.29, 0.717) is 11.4 Å². The predicted molar refractivity (Wildman–Crippen MR) is 110 cm³/mol. The zero-order chi connectivity index (χ0) is 23.3. The Kier molecular flexibility index (Phi) is 6.65. The van der Waals surface area contributed by atoms with Crippen LogP contribution in [0.2, 0.25) is 0 Å². The highest BCUT2D eigenvalue weighted by atomic mass is 19.1. The number of carboxylic acid groups (broad SMARTS) is 1. The molecule has 2 amide bonds. The standard InChI is InChI=1S/C21H17F2N5O4/c1-28(21(30)31)10-9-17(29)25-12-5-7-13(8-6-12)26-19-16(11-24)27-20(32-19)18-14(22)3-2-4-15(18)23/h2-8,26H,9-10H2,1H3,(H,25,29)(H,30,31). The highest BCUT2D eigenvalue weighted by molar-refractivity contribution is 5.91. The maximum absolute atomic E-state index is 14.0. The summed E-state index contributed by atoms with van der Waals surface area (Å²) < 4.78 is 33.3. The van der Waals surface area contributed by atoms with Gasteiger partial charge >= 0.3 is 6.09 Å². The molecule has 11 heteroatoms. The first-order valence-corrected chi connectivity index (χ1v) is 9.24. The van der Waals surface area contributed by atoms with Gasteiger partial charge in [0.1, 0.15) is 23.3 Å². The number of aromatic nitrogens is 1. The van der Waals surface area contributed by atoms with Crippen LogP contribution in [-0.2, 0) is 4.79 Å². The molecule has 0 saturated carbocycles. The maximum atomic E-state index is 14.0. The minimum absolute atomic E-state index is 0.0121. The van der Waals surface area contributed by atoms with Crippen molar-refractivity contribution in [3.05, 3.63) is 59.8 Å². The minimum Gasteiger partial charge on any atom is -0.465 e. The zero-order valence-corrected chi connectivity index (χ0v) is 16.7. The first-order valence-electron chi connectivity index (χ1n) is 9.24. The van der Waals surface area contributed by atoms with Crippen LogP contribution < -0.4 is 10.6 Å². The summed E-state index contributed by atoms with van der Waals surface area (Å²) in [5.74, 6) is -2.60. The number of amides is 2. The molecule has 0 fully saturated rings. The Morgan fingerprint density at radius 2 is 1.78 bits per heavy atom. The van der Waals surface area contributed by atoms with E-state index in [-0.39, 0.29) is 36.3 Å². The summed E-state index contributed by atoms with van der Waals surface area (Å²) in [6.07, 6.45) is -1.14. The molecule has 9 nitrogen and oxygen atoms in total. The van der Waals surface area contributed by atoms with E-state index in [4.69, 9.17) is 9.52 Å². The van der Waals surface area contributed by atoms with Crippen molar-refractivity contribution in [3.63, 3.8) is 0 Å². The third-order valence-corrected chi connectivity index (χ3v) is 4.34. The van der Waals surface area contributed by atoms with E-state index in [9.17, 15) is 23.6 Å². The number of benzene rings is 2. The molecule has 1 heterocycles. The van der Waals surface area contributed by atoms with Gasteiger partial charge in [-0.2, -0.15) is 10.2 Å². The van der Waals surface area contributed by atoms with E-state index in [0.717, 1.165) is 17.0 Å². The number of carbonyl (C=O) groups excluding carboxylic acids is 1. The van der Waals surface area contributed by atoms with Gasteiger partial charge in [-0.15, -0.1) is 0 Å². The van der Waals surface area contributed by atoms with Gasteiger partial charge in [0.2, 0.25) is 23.4 Å². The number of anilines is 3. The predicted octanol–water partition coefficient (Wildman–Crippen LogP) is 4.17. The highest BCUT2D eigenvalue weighted by Gasteiger charge is 2.20. The molecule has 1 aromatic heterocycles. The molecule has 32 heavy (non-hydrogen) atoms.